The van der Waals surface area contributed by atoms with Gasteiger partial charge in [0.1, 0.15) is 5.69 Å². The van der Waals surface area contributed by atoms with Gasteiger partial charge in [-0.2, -0.15) is 18.3 Å². The van der Waals surface area contributed by atoms with E-state index in [-0.39, 0.29) is 10.7 Å². The van der Waals surface area contributed by atoms with Gasteiger partial charge in [0.05, 0.1) is 5.02 Å². The third kappa shape index (κ3) is 4.22. The van der Waals surface area contributed by atoms with Gasteiger partial charge >= 0.3 is 6.18 Å². The fraction of sp³-hybridized carbons (Fsp3) is 0.300. The zero-order valence-corrected chi connectivity index (χ0v) is 12.6. The zero-order valence-electron chi connectivity index (χ0n) is 9.60. The van der Waals surface area contributed by atoms with Crippen LogP contribution in [0.3, 0.4) is 0 Å². The van der Waals surface area contributed by atoms with Crippen LogP contribution in [0.15, 0.2) is 22.4 Å². The molecule has 0 aliphatic heterocycles. The first kappa shape index (κ1) is 17.5. The minimum Gasteiger partial charge on any atom is -0.284 e. The van der Waals surface area contributed by atoms with Crippen LogP contribution >= 0.6 is 46.4 Å². The molecular formula is C10H5Cl4F3N2O. The van der Waals surface area contributed by atoms with Crippen LogP contribution < -0.4 is 0 Å². The van der Waals surface area contributed by atoms with Crippen LogP contribution in [0.25, 0.3) is 0 Å². The quantitative estimate of drug-likeness (QED) is 0.386. The van der Waals surface area contributed by atoms with Crippen LogP contribution in [-0.4, -0.2) is 16.4 Å². The van der Waals surface area contributed by atoms with Crippen LogP contribution in [0.2, 0.25) is 10.0 Å². The summed E-state index contributed by atoms with van der Waals surface area (Å²) in [5.74, 6) is -2.44. The third-order valence-corrected chi connectivity index (χ3v) is 3.03. The first-order valence-corrected chi connectivity index (χ1v) is 6.34. The number of halogens is 7. The molecule has 1 rings (SSSR count). The summed E-state index contributed by atoms with van der Waals surface area (Å²) in [6.07, 6.45) is -5.23. The van der Waals surface area contributed by atoms with E-state index in [0.717, 1.165) is 0 Å². The van der Waals surface area contributed by atoms with Crippen molar-refractivity contribution in [3.63, 3.8) is 0 Å². The van der Waals surface area contributed by atoms with Gasteiger partial charge in [0.2, 0.25) is 0 Å². The van der Waals surface area contributed by atoms with Crippen LogP contribution in [0.4, 0.5) is 18.9 Å². The number of alkyl halides is 5. The molecule has 0 aromatic heterocycles. The molecule has 1 aromatic carbocycles. The topological polar surface area (TPSA) is 41.8 Å². The van der Waals surface area contributed by atoms with E-state index in [1.54, 1.807) is 6.92 Å². The Labute approximate surface area is 131 Å². The maximum absolute atomic E-state index is 12.2. The lowest BCUT2D eigenvalue weighted by Crippen LogP contribution is -2.36. The zero-order chi connectivity index (χ0) is 15.7. The SMILES string of the molecule is Cc1cc(Cl)cc(Cl)c1N=NC(Cl)(Cl)C(=O)C(F)(F)F. The number of hydrogen-bond donors (Lipinski definition) is 0. The van der Waals surface area contributed by atoms with E-state index < -0.39 is 16.4 Å². The van der Waals surface area contributed by atoms with E-state index in [2.05, 4.69) is 10.2 Å². The van der Waals surface area contributed by atoms with E-state index in [0.29, 0.717) is 10.6 Å². The predicted octanol–water partition coefficient (Wildman–Crippen LogP) is 5.65. The molecule has 0 spiro atoms. The Morgan fingerprint density at radius 3 is 2.20 bits per heavy atom. The van der Waals surface area contributed by atoms with Gasteiger partial charge in [0.15, 0.2) is 0 Å². The highest BCUT2D eigenvalue weighted by Crippen LogP contribution is 2.37. The number of ketones is 1. The summed E-state index contributed by atoms with van der Waals surface area (Å²) in [6, 6.07) is 2.76. The van der Waals surface area contributed by atoms with Crippen LogP contribution in [0, 0.1) is 6.92 Å². The lowest BCUT2D eigenvalue weighted by molar-refractivity contribution is -0.171. The molecule has 0 saturated carbocycles. The van der Waals surface area contributed by atoms with E-state index in [1.807, 2.05) is 0 Å². The summed E-state index contributed by atoms with van der Waals surface area (Å²) in [4.78, 5) is 10.9. The van der Waals surface area contributed by atoms with Crippen molar-refractivity contribution in [2.75, 3.05) is 0 Å². The van der Waals surface area contributed by atoms with Gasteiger partial charge in [0, 0.05) is 5.02 Å². The fourth-order valence-electron chi connectivity index (χ4n) is 1.15. The van der Waals surface area contributed by atoms with Gasteiger partial charge in [-0.1, -0.05) is 46.4 Å². The van der Waals surface area contributed by atoms with Crippen molar-refractivity contribution >= 4 is 57.9 Å². The van der Waals surface area contributed by atoms with Gasteiger partial charge in [-0.25, -0.2) is 0 Å². The summed E-state index contributed by atoms with van der Waals surface area (Å²) in [5.41, 5.74) is 0.437. The average molecular weight is 368 g/mol. The summed E-state index contributed by atoms with van der Waals surface area (Å²) >= 11 is 22.0. The molecule has 3 nitrogen and oxygen atoms in total. The minimum atomic E-state index is -5.23. The second-order valence-corrected chi connectivity index (χ2v) is 5.75. The Kier molecular flexibility index (Phi) is 5.29. The van der Waals surface area contributed by atoms with Crippen molar-refractivity contribution in [3.8, 4) is 0 Å². The van der Waals surface area contributed by atoms with Crippen LogP contribution in [0.1, 0.15) is 5.56 Å². The number of hydrogen-bond acceptors (Lipinski definition) is 3. The molecule has 0 aliphatic rings. The maximum atomic E-state index is 12.2. The highest BCUT2D eigenvalue weighted by atomic mass is 35.5. The molecule has 0 atom stereocenters. The van der Waals surface area contributed by atoms with E-state index in [1.165, 1.54) is 12.1 Å². The Morgan fingerprint density at radius 2 is 1.75 bits per heavy atom. The van der Waals surface area contributed by atoms with Crippen molar-refractivity contribution < 1.29 is 18.0 Å². The molecule has 20 heavy (non-hydrogen) atoms. The van der Waals surface area contributed by atoms with Crippen molar-refractivity contribution in [2.45, 2.75) is 17.6 Å². The molecule has 0 N–H and O–H groups in total. The number of carbonyl (C=O) groups is 1. The van der Waals surface area contributed by atoms with Crippen LogP contribution in [0.5, 0.6) is 0 Å². The van der Waals surface area contributed by atoms with Crippen molar-refractivity contribution in [3.05, 3.63) is 27.7 Å². The molecule has 1 aromatic rings. The second kappa shape index (κ2) is 6.05. The summed E-state index contributed by atoms with van der Waals surface area (Å²) in [6.45, 7) is 1.54. The smallest absolute Gasteiger partial charge is 0.284 e. The van der Waals surface area contributed by atoms with Gasteiger partial charge in [-0.15, -0.1) is 5.11 Å². The summed E-state index contributed by atoms with van der Waals surface area (Å²) in [7, 11) is 0. The van der Waals surface area contributed by atoms with Crippen molar-refractivity contribution in [1.29, 1.82) is 0 Å². The molecule has 110 valence electrons. The minimum absolute atomic E-state index is 0.0108. The monoisotopic (exact) mass is 366 g/mol. The molecule has 0 saturated heterocycles. The molecule has 0 amide bonds. The maximum Gasteiger partial charge on any atom is 0.455 e. The summed E-state index contributed by atoms with van der Waals surface area (Å²) < 4.78 is 33.6. The van der Waals surface area contributed by atoms with E-state index >= 15 is 0 Å². The number of aryl methyl sites for hydroxylation is 1. The summed E-state index contributed by atoms with van der Waals surface area (Å²) in [5, 5.41) is 6.74. The number of carbonyl (C=O) groups excluding carboxylic acids is 1. The number of azo groups is 1. The fourth-order valence-corrected chi connectivity index (χ4v) is 2.07. The van der Waals surface area contributed by atoms with E-state index in [9.17, 15) is 18.0 Å². The molecule has 0 fully saturated rings. The molecule has 0 bridgehead atoms. The number of Topliss-reactive ketones (excluding diaryl/α,β-unsaturated/α-hetero) is 1. The first-order valence-electron chi connectivity index (χ1n) is 4.83. The molecule has 0 radical (unpaired) electrons. The van der Waals surface area contributed by atoms with Crippen molar-refractivity contribution in [2.24, 2.45) is 10.2 Å². The largest absolute Gasteiger partial charge is 0.455 e. The molecule has 0 unspecified atom stereocenters. The third-order valence-electron chi connectivity index (χ3n) is 2.02. The standard InChI is InChI=1S/C10H5Cl4F3N2O/c1-4-2-5(11)3-6(12)7(4)18-19-9(13,14)8(20)10(15,16)17/h2-3H,1H3. The first-order chi connectivity index (χ1) is 8.95. The van der Waals surface area contributed by atoms with Crippen LogP contribution in [-0.2, 0) is 4.79 Å². The molecule has 10 heteroatoms. The van der Waals surface area contributed by atoms with Gasteiger partial charge in [0.25, 0.3) is 10.2 Å². The second-order valence-electron chi connectivity index (χ2n) is 3.62. The normalized spacial score (nSPS) is 13.0. The highest BCUT2D eigenvalue weighted by molar-refractivity contribution is 6.58. The Bertz CT molecular complexity index is 549. The van der Waals surface area contributed by atoms with Gasteiger partial charge < -0.3 is 0 Å². The highest BCUT2D eigenvalue weighted by Gasteiger charge is 2.52. The van der Waals surface area contributed by atoms with Crippen molar-refractivity contribution in [1.82, 2.24) is 0 Å². The Hall–Kier alpha value is -0.560. The Balaban J connectivity index is 3.13. The Morgan fingerprint density at radius 1 is 1.20 bits per heavy atom. The van der Waals surface area contributed by atoms with Gasteiger partial charge in [-0.3, -0.25) is 4.79 Å². The predicted molar refractivity (Wildman–Crippen MR) is 71.2 cm³/mol. The lowest BCUT2D eigenvalue weighted by atomic mass is 10.2. The molecule has 0 aliphatic carbocycles. The number of rotatable bonds is 3. The van der Waals surface area contributed by atoms with E-state index in [4.69, 9.17) is 46.4 Å². The molecule has 0 heterocycles. The lowest BCUT2D eigenvalue weighted by Gasteiger charge is -2.13. The number of nitrogens with zero attached hydrogens (tertiary/aromatic N) is 2. The average Bonchev–Trinajstić information content (AvgIpc) is 2.25. The van der Waals surface area contributed by atoms with Gasteiger partial charge in [-0.05, 0) is 24.6 Å². The molecular weight excluding hydrogens is 363 g/mol. The number of benzene rings is 1.